The predicted molar refractivity (Wildman–Crippen MR) is 97.9 cm³/mol. The second kappa shape index (κ2) is 7.26. The third kappa shape index (κ3) is 4.17. The fourth-order valence-electron chi connectivity index (χ4n) is 2.97. The van der Waals surface area contributed by atoms with E-state index in [9.17, 15) is 23.1 Å². The van der Waals surface area contributed by atoms with E-state index in [2.05, 4.69) is 5.32 Å². The number of anilines is 1. The number of amides is 2. The summed E-state index contributed by atoms with van der Waals surface area (Å²) in [5, 5.41) is 2.59. The fourth-order valence-corrected chi connectivity index (χ4v) is 4.15. The van der Waals surface area contributed by atoms with Gasteiger partial charge in [0.1, 0.15) is 11.9 Å². The van der Waals surface area contributed by atoms with Crippen molar-refractivity contribution in [3.05, 3.63) is 35.7 Å². The number of nitrogens with zero attached hydrogens (tertiary/aromatic N) is 1. The van der Waals surface area contributed by atoms with Crippen LogP contribution in [0.1, 0.15) is 18.9 Å². The van der Waals surface area contributed by atoms with Gasteiger partial charge in [-0.15, -0.1) is 0 Å². The van der Waals surface area contributed by atoms with E-state index in [1.807, 2.05) is 0 Å². The van der Waals surface area contributed by atoms with Gasteiger partial charge in [-0.05, 0) is 30.2 Å². The van der Waals surface area contributed by atoms with E-state index in [1.54, 1.807) is 18.2 Å². The highest BCUT2D eigenvalue weighted by Crippen LogP contribution is 2.45. The van der Waals surface area contributed by atoms with Crippen LogP contribution in [0.5, 0.6) is 0 Å². The number of halogens is 1. The van der Waals surface area contributed by atoms with Gasteiger partial charge in [-0.25, -0.2) is 9.18 Å². The van der Waals surface area contributed by atoms with Crippen LogP contribution in [0.2, 0.25) is 0 Å². The number of allylic oxidation sites excluding steroid dienone is 1. The highest BCUT2D eigenvalue weighted by atomic mass is 32.3. The molecule has 3 rings (SSSR count). The van der Waals surface area contributed by atoms with Crippen LogP contribution in [0, 0.1) is 5.82 Å². The maximum absolute atomic E-state index is 14.6. The number of carbonyl (C=O) groups is 2. The summed E-state index contributed by atoms with van der Waals surface area (Å²) in [6.45, 7) is 1.81. The Morgan fingerprint density at radius 3 is 2.85 bits per heavy atom. The quantitative estimate of drug-likeness (QED) is 0.741. The normalized spacial score (nSPS) is 23.2. The van der Waals surface area contributed by atoms with Gasteiger partial charge < -0.3 is 10.1 Å². The first kappa shape index (κ1) is 18.7. The largest absolute Gasteiger partial charge is 0.442 e. The minimum Gasteiger partial charge on any atom is -0.442 e. The smallest absolute Gasteiger partial charge is 0.414 e. The zero-order chi connectivity index (χ0) is 18.9. The number of rotatable bonds is 4. The number of hydrogen-bond donors (Lipinski definition) is 3. The van der Waals surface area contributed by atoms with Crippen molar-refractivity contribution < 1.29 is 27.8 Å². The van der Waals surface area contributed by atoms with E-state index in [4.69, 9.17) is 4.74 Å². The Hall–Kier alpha value is -2.10. The van der Waals surface area contributed by atoms with Crippen LogP contribution in [0.4, 0.5) is 14.9 Å². The summed E-state index contributed by atoms with van der Waals surface area (Å²) in [5.41, 5.74) is 1.50. The predicted octanol–water partition coefficient (Wildman–Crippen LogP) is 2.82. The molecule has 2 amide bonds. The van der Waals surface area contributed by atoms with E-state index in [-0.39, 0.29) is 30.5 Å². The van der Waals surface area contributed by atoms with Crippen LogP contribution in [0.25, 0.3) is 5.57 Å². The van der Waals surface area contributed by atoms with E-state index >= 15 is 0 Å². The molecule has 1 unspecified atom stereocenters. The number of hydrogen-bond acceptors (Lipinski definition) is 5. The molecule has 0 aromatic heterocycles. The maximum atomic E-state index is 14.6. The molecule has 1 saturated heterocycles. The van der Waals surface area contributed by atoms with Gasteiger partial charge in [-0.1, -0.05) is 6.08 Å². The van der Waals surface area contributed by atoms with Crippen molar-refractivity contribution in [1.29, 1.82) is 0 Å². The van der Waals surface area contributed by atoms with Gasteiger partial charge in [0.2, 0.25) is 5.91 Å². The lowest BCUT2D eigenvalue weighted by molar-refractivity contribution is -0.119. The molecule has 1 fully saturated rings. The molecule has 0 bridgehead atoms. The zero-order valence-electron chi connectivity index (χ0n) is 14.3. The lowest BCUT2D eigenvalue weighted by atomic mass is 10.0. The van der Waals surface area contributed by atoms with Crippen molar-refractivity contribution in [1.82, 2.24) is 5.32 Å². The van der Waals surface area contributed by atoms with Crippen molar-refractivity contribution >= 4 is 33.9 Å². The van der Waals surface area contributed by atoms with Crippen LogP contribution in [-0.4, -0.2) is 51.8 Å². The van der Waals surface area contributed by atoms with Crippen LogP contribution >= 0.6 is 10.6 Å². The summed E-state index contributed by atoms with van der Waals surface area (Å²) in [5.74, 6) is -0.340. The Balaban J connectivity index is 1.73. The lowest BCUT2D eigenvalue weighted by Gasteiger charge is -2.35. The number of benzene rings is 1. The highest BCUT2D eigenvalue weighted by Gasteiger charge is 2.33. The van der Waals surface area contributed by atoms with Crippen molar-refractivity contribution in [3.63, 3.8) is 0 Å². The molecule has 142 valence electrons. The summed E-state index contributed by atoms with van der Waals surface area (Å²) < 4.78 is 39.0. The molecule has 1 atom stereocenters. The molecule has 2 heterocycles. The third-order valence-corrected chi connectivity index (χ3v) is 5.92. The van der Waals surface area contributed by atoms with Crippen LogP contribution in [0.3, 0.4) is 0 Å². The van der Waals surface area contributed by atoms with Gasteiger partial charge in [0.05, 0.1) is 24.5 Å². The number of ether oxygens (including phenoxy) is 1. The second-order valence-corrected chi connectivity index (χ2v) is 8.72. The SMILES string of the molecule is CC(=O)NCC1CN(c2ccc(C3=CCS(O)(O)CC3)c(F)c2)C(=O)O1. The Morgan fingerprint density at radius 1 is 1.46 bits per heavy atom. The molecule has 1 aromatic carbocycles. The van der Waals surface area contributed by atoms with Gasteiger partial charge >= 0.3 is 6.09 Å². The summed E-state index contributed by atoms with van der Waals surface area (Å²) in [6, 6.07) is 4.49. The third-order valence-electron chi connectivity index (χ3n) is 4.36. The van der Waals surface area contributed by atoms with E-state index in [0.29, 0.717) is 17.7 Å². The van der Waals surface area contributed by atoms with Crippen LogP contribution < -0.4 is 10.2 Å². The maximum Gasteiger partial charge on any atom is 0.414 e. The molecule has 7 nitrogen and oxygen atoms in total. The van der Waals surface area contributed by atoms with Gasteiger partial charge in [0, 0.05) is 18.2 Å². The molecule has 3 N–H and O–H groups in total. The molecular formula is C17H21FN2O5S. The first-order valence-electron chi connectivity index (χ1n) is 8.20. The monoisotopic (exact) mass is 384 g/mol. The van der Waals surface area contributed by atoms with Gasteiger partial charge in [-0.2, -0.15) is 10.6 Å². The summed E-state index contributed by atoms with van der Waals surface area (Å²) >= 11 is 0. The summed E-state index contributed by atoms with van der Waals surface area (Å²) in [7, 11) is -2.58. The molecule has 2 aliphatic rings. The van der Waals surface area contributed by atoms with Gasteiger partial charge in [-0.3, -0.25) is 18.8 Å². The second-order valence-electron chi connectivity index (χ2n) is 6.37. The zero-order valence-corrected chi connectivity index (χ0v) is 15.1. The standard InChI is InChI=1S/C17H21FN2O5S/c1-11(21)19-9-14-10-20(17(22)25-14)13-2-3-15(16(18)8-13)12-4-6-26(23,24)7-5-12/h2-4,8,14,23-24H,5-7,9-10H2,1H3,(H,19,21). The van der Waals surface area contributed by atoms with Crippen LogP contribution in [-0.2, 0) is 9.53 Å². The van der Waals surface area contributed by atoms with E-state index in [0.717, 1.165) is 5.57 Å². The topological polar surface area (TPSA) is 99.1 Å². The Morgan fingerprint density at radius 2 is 2.23 bits per heavy atom. The number of cyclic esters (lactones) is 1. The van der Waals surface area contributed by atoms with Crippen molar-refractivity contribution in [2.75, 3.05) is 29.5 Å². The fraction of sp³-hybridized carbons (Fsp3) is 0.412. The minimum absolute atomic E-state index is 0.132. The lowest BCUT2D eigenvalue weighted by Crippen LogP contribution is -2.33. The summed E-state index contributed by atoms with van der Waals surface area (Å²) in [4.78, 5) is 24.3. The Bertz CT molecular complexity index is 768. The van der Waals surface area contributed by atoms with Crippen LogP contribution in [0.15, 0.2) is 24.3 Å². The van der Waals surface area contributed by atoms with Gasteiger partial charge in [0.25, 0.3) is 0 Å². The number of nitrogens with one attached hydrogen (secondary N) is 1. The molecule has 0 aliphatic carbocycles. The van der Waals surface area contributed by atoms with E-state index in [1.165, 1.54) is 17.9 Å². The Labute approximate surface area is 152 Å². The van der Waals surface area contributed by atoms with Crippen molar-refractivity contribution in [3.8, 4) is 0 Å². The van der Waals surface area contributed by atoms with Crippen molar-refractivity contribution in [2.45, 2.75) is 19.4 Å². The van der Waals surface area contributed by atoms with E-state index < -0.39 is 28.6 Å². The molecular weight excluding hydrogens is 363 g/mol. The molecule has 0 saturated carbocycles. The average Bonchev–Trinajstić information content (AvgIpc) is 2.94. The molecule has 0 radical (unpaired) electrons. The molecule has 9 heteroatoms. The highest BCUT2D eigenvalue weighted by molar-refractivity contribution is 8.24. The summed E-state index contributed by atoms with van der Waals surface area (Å²) in [6.07, 6.45) is 0.979. The molecule has 26 heavy (non-hydrogen) atoms. The molecule has 2 aliphatic heterocycles. The molecule has 0 spiro atoms. The Kier molecular flexibility index (Phi) is 5.22. The van der Waals surface area contributed by atoms with Gasteiger partial charge in [0.15, 0.2) is 0 Å². The number of carbonyl (C=O) groups excluding carboxylic acids is 2. The first-order chi connectivity index (χ1) is 12.2. The average molecular weight is 384 g/mol. The molecule has 1 aromatic rings. The minimum atomic E-state index is -2.58. The first-order valence-corrected chi connectivity index (χ1v) is 10.1. The van der Waals surface area contributed by atoms with Crippen molar-refractivity contribution in [2.24, 2.45) is 0 Å².